The third-order valence-electron chi connectivity index (χ3n) is 0.814. The average Bonchev–Trinajstić information content (AvgIpc) is 1.97. The van der Waals surface area contributed by atoms with Gasteiger partial charge in [-0.2, -0.15) is 0 Å². The van der Waals surface area contributed by atoms with Crippen molar-refractivity contribution in [2.45, 2.75) is 13.3 Å². The Morgan fingerprint density at radius 3 is 2.75 bits per heavy atom. The fraction of sp³-hybridized carbons (Fsp3) is 0.667. The fourth-order valence-electron chi connectivity index (χ4n) is 0.391. The molecule has 1 N–H and O–H groups in total. The van der Waals surface area contributed by atoms with E-state index in [1.54, 1.807) is 6.08 Å². The van der Waals surface area contributed by atoms with Gasteiger partial charge in [0.1, 0.15) is 0 Å². The Kier molecular flexibility index (Phi) is 13.7. The molecule has 0 aliphatic carbocycles. The smallest absolute Gasteiger partial charge is 0.245 e. The van der Waals surface area contributed by atoms with E-state index >= 15 is 0 Å². The third kappa shape index (κ3) is 10.4. The molecule has 0 fully saturated rings. The van der Waals surface area contributed by atoms with Gasteiger partial charge in [-0.1, -0.05) is 24.4 Å². The van der Waals surface area contributed by atoms with E-state index < -0.39 is 5.69 Å². The molecular formula is C6H13KO2PS2. The zero-order valence-corrected chi connectivity index (χ0v) is 13.2. The summed E-state index contributed by atoms with van der Waals surface area (Å²) in [5, 5.41) is 0. The van der Waals surface area contributed by atoms with E-state index in [2.05, 4.69) is 6.58 Å². The van der Waals surface area contributed by atoms with Crippen LogP contribution in [0.2, 0.25) is 0 Å². The van der Waals surface area contributed by atoms with Crippen molar-refractivity contribution in [3.05, 3.63) is 12.7 Å². The van der Waals surface area contributed by atoms with Gasteiger partial charge in [-0.25, -0.2) is 0 Å². The molecule has 0 saturated carbocycles. The van der Waals surface area contributed by atoms with E-state index in [1.165, 1.54) is 11.4 Å². The molecule has 0 aromatic rings. The van der Waals surface area contributed by atoms with Crippen molar-refractivity contribution in [3.8, 4) is 0 Å². The van der Waals surface area contributed by atoms with Crippen LogP contribution in [0.4, 0.5) is 0 Å². The van der Waals surface area contributed by atoms with Gasteiger partial charge in [0.25, 0.3) is 0 Å². The topological polar surface area (TPSA) is 29.5 Å². The van der Waals surface area contributed by atoms with Gasteiger partial charge in [0, 0.05) is 57.1 Å². The molecule has 0 spiro atoms. The summed E-state index contributed by atoms with van der Waals surface area (Å²) in [4.78, 5) is 9.40. The minimum atomic E-state index is -2.55. The van der Waals surface area contributed by atoms with Crippen molar-refractivity contribution in [1.29, 1.82) is 0 Å². The van der Waals surface area contributed by atoms with Gasteiger partial charge in [0.05, 0.1) is 6.61 Å². The van der Waals surface area contributed by atoms with Crippen LogP contribution in [0.3, 0.4) is 0 Å². The van der Waals surface area contributed by atoms with Gasteiger partial charge in [-0.15, -0.1) is 6.58 Å². The maximum Gasteiger partial charge on any atom is 0.245 e. The molecule has 2 nitrogen and oxygen atoms in total. The van der Waals surface area contributed by atoms with Crippen LogP contribution in [-0.2, 0) is 16.3 Å². The molecule has 1 atom stereocenters. The molecule has 0 aromatic carbocycles. The largest absolute Gasteiger partial charge is 0.337 e. The molecule has 0 aliphatic rings. The van der Waals surface area contributed by atoms with E-state index in [0.717, 1.165) is 6.42 Å². The van der Waals surface area contributed by atoms with E-state index in [1.807, 2.05) is 6.92 Å². The minimum Gasteiger partial charge on any atom is -0.337 e. The SMILES string of the molecule is C=CCSP(O)(=S)OCCC.[K]. The molecule has 67 valence electrons. The van der Waals surface area contributed by atoms with Crippen molar-refractivity contribution in [3.63, 3.8) is 0 Å². The number of hydrogen-bond acceptors (Lipinski definition) is 3. The second-order valence-electron chi connectivity index (χ2n) is 1.89. The van der Waals surface area contributed by atoms with Crippen molar-refractivity contribution in [2.24, 2.45) is 0 Å². The fourth-order valence-corrected chi connectivity index (χ4v) is 3.27. The Bertz CT molecular complexity index is 166. The van der Waals surface area contributed by atoms with Gasteiger partial charge >= 0.3 is 0 Å². The average molecular weight is 251 g/mol. The standard InChI is InChI=1S/C6H13O2PS2.K/c1-3-5-8-9(7,10)11-6-4-2;/h4H,2-3,5-6H2,1H3,(H,7,10);. The Labute approximate surface area is 126 Å². The summed E-state index contributed by atoms with van der Waals surface area (Å²) in [6.07, 6.45) is 2.59. The van der Waals surface area contributed by atoms with E-state index in [4.69, 9.17) is 16.3 Å². The maximum absolute atomic E-state index is 9.40. The summed E-state index contributed by atoms with van der Waals surface area (Å²) in [6, 6.07) is 0. The molecule has 0 bridgehead atoms. The zero-order valence-electron chi connectivity index (χ0n) is 7.52. The van der Waals surface area contributed by atoms with Crippen molar-refractivity contribution in [1.82, 2.24) is 0 Å². The molecule has 0 heterocycles. The Hall–Kier alpha value is 2.30. The van der Waals surface area contributed by atoms with Crippen LogP contribution in [0.5, 0.6) is 0 Å². The van der Waals surface area contributed by atoms with Crippen molar-refractivity contribution < 1.29 is 9.42 Å². The molecule has 0 rings (SSSR count). The molecule has 6 heteroatoms. The van der Waals surface area contributed by atoms with Crippen LogP contribution in [0.25, 0.3) is 0 Å². The van der Waals surface area contributed by atoms with Crippen molar-refractivity contribution in [2.75, 3.05) is 12.4 Å². The molecule has 0 aromatic heterocycles. The van der Waals surface area contributed by atoms with Crippen molar-refractivity contribution >= 4 is 80.3 Å². The summed E-state index contributed by atoms with van der Waals surface area (Å²) < 4.78 is 5.08. The number of rotatable bonds is 6. The molecule has 1 unspecified atom stereocenters. The van der Waals surface area contributed by atoms with Crippen LogP contribution in [-0.4, -0.2) is 68.6 Å². The van der Waals surface area contributed by atoms with Gasteiger partial charge in [0.15, 0.2) is 0 Å². The second kappa shape index (κ2) is 9.84. The van der Waals surface area contributed by atoms with Gasteiger partial charge in [-0.3, -0.25) is 0 Å². The molecule has 12 heavy (non-hydrogen) atoms. The first-order chi connectivity index (χ1) is 5.12. The normalized spacial score (nSPS) is 14.5. The predicted octanol–water partition coefficient (Wildman–Crippen LogP) is 2.17. The summed E-state index contributed by atoms with van der Waals surface area (Å²) >= 11 is 6.09. The molecule has 0 saturated heterocycles. The van der Waals surface area contributed by atoms with Gasteiger partial charge in [-0.05, 0) is 18.2 Å². The summed E-state index contributed by atoms with van der Waals surface area (Å²) in [5.41, 5.74) is -2.55. The predicted molar refractivity (Wildman–Crippen MR) is 61.2 cm³/mol. The molecule has 1 radical (unpaired) electrons. The second-order valence-corrected chi connectivity index (χ2v) is 8.11. The molecular weight excluding hydrogens is 238 g/mol. The van der Waals surface area contributed by atoms with Crippen LogP contribution in [0.15, 0.2) is 12.7 Å². The van der Waals surface area contributed by atoms with Crippen LogP contribution >= 0.6 is 17.1 Å². The number of hydrogen-bond donors (Lipinski definition) is 1. The van der Waals surface area contributed by atoms with Crippen LogP contribution in [0, 0.1) is 0 Å². The third-order valence-corrected chi connectivity index (χ3v) is 5.04. The zero-order chi connectivity index (χ0) is 8.74. The maximum atomic E-state index is 9.40. The van der Waals surface area contributed by atoms with E-state index in [0.29, 0.717) is 12.4 Å². The Morgan fingerprint density at radius 1 is 1.75 bits per heavy atom. The molecule has 0 amide bonds. The van der Waals surface area contributed by atoms with E-state index in [9.17, 15) is 4.89 Å². The quantitative estimate of drug-likeness (QED) is 0.445. The summed E-state index contributed by atoms with van der Waals surface area (Å²) in [5.74, 6) is 0.650. The minimum absolute atomic E-state index is 0. The van der Waals surface area contributed by atoms with Crippen LogP contribution < -0.4 is 0 Å². The first kappa shape index (κ1) is 16.7. The monoisotopic (exact) mass is 251 g/mol. The Balaban J connectivity index is 0. The summed E-state index contributed by atoms with van der Waals surface area (Å²) in [7, 11) is 0. The van der Waals surface area contributed by atoms with Gasteiger partial charge < -0.3 is 9.42 Å². The summed E-state index contributed by atoms with van der Waals surface area (Å²) in [6.45, 7) is 6.05. The molecule has 0 aliphatic heterocycles. The first-order valence-electron chi connectivity index (χ1n) is 3.35. The first-order valence-corrected chi connectivity index (χ1v) is 7.61. The van der Waals surface area contributed by atoms with Crippen LogP contribution in [0.1, 0.15) is 13.3 Å². The van der Waals surface area contributed by atoms with Gasteiger partial charge in [0.2, 0.25) is 5.69 Å². The van der Waals surface area contributed by atoms with E-state index in [-0.39, 0.29) is 51.4 Å². The Morgan fingerprint density at radius 2 is 2.33 bits per heavy atom.